The average Bonchev–Trinajstić information content (AvgIpc) is 2.82. The molecule has 0 spiro atoms. The van der Waals surface area contributed by atoms with E-state index in [1.54, 1.807) is 10.9 Å². The monoisotopic (exact) mass is 274 g/mol. The number of carboxylic acids is 1. The van der Waals surface area contributed by atoms with Gasteiger partial charge in [-0.15, -0.1) is 0 Å². The van der Waals surface area contributed by atoms with Crippen LogP contribution in [0.15, 0.2) is 18.5 Å². The number of fused-ring (bicyclic) bond motifs is 1. The molecule has 3 rings (SSSR count). The van der Waals surface area contributed by atoms with Gasteiger partial charge in [-0.05, 0) is 31.7 Å². The molecule has 0 saturated heterocycles. The first-order valence-electron chi connectivity index (χ1n) is 6.91. The minimum absolute atomic E-state index is 0.177. The van der Waals surface area contributed by atoms with E-state index in [-0.39, 0.29) is 5.92 Å². The number of aliphatic carboxylic acids is 1. The van der Waals surface area contributed by atoms with Crippen LogP contribution in [0.1, 0.15) is 25.7 Å². The van der Waals surface area contributed by atoms with E-state index in [1.807, 2.05) is 19.3 Å². The van der Waals surface area contributed by atoms with Gasteiger partial charge in [0.15, 0.2) is 5.65 Å². The van der Waals surface area contributed by atoms with Crippen molar-refractivity contribution in [2.75, 3.05) is 5.32 Å². The van der Waals surface area contributed by atoms with Crippen LogP contribution in [-0.4, -0.2) is 31.9 Å². The summed E-state index contributed by atoms with van der Waals surface area (Å²) in [5.74, 6) is -0.842. The van der Waals surface area contributed by atoms with Crippen molar-refractivity contribution in [2.24, 2.45) is 13.0 Å². The maximum Gasteiger partial charge on any atom is 0.306 e. The standard InChI is InChI=1S/C14H18N4O2/c1-18-13-11(8-16-18)12(6-7-15-13)17-10-4-2-9(3-5-10)14(19)20/h6-10H,2-5H2,1H3,(H,15,17)(H,19,20). The highest BCUT2D eigenvalue weighted by molar-refractivity contribution is 5.88. The smallest absolute Gasteiger partial charge is 0.306 e. The lowest BCUT2D eigenvalue weighted by Gasteiger charge is -2.27. The van der Waals surface area contributed by atoms with Gasteiger partial charge in [0, 0.05) is 25.0 Å². The van der Waals surface area contributed by atoms with Gasteiger partial charge in [0.2, 0.25) is 0 Å². The summed E-state index contributed by atoms with van der Waals surface area (Å²) in [6.45, 7) is 0. The summed E-state index contributed by atoms with van der Waals surface area (Å²) in [4.78, 5) is 15.3. The quantitative estimate of drug-likeness (QED) is 0.895. The molecule has 20 heavy (non-hydrogen) atoms. The van der Waals surface area contributed by atoms with Crippen LogP contribution in [0.3, 0.4) is 0 Å². The molecule has 6 nitrogen and oxygen atoms in total. The lowest BCUT2D eigenvalue weighted by Crippen LogP contribution is -2.29. The van der Waals surface area contributed by atoms with E-state index in [0.717, 1.165) is 42.4 Å². The second-order valence-corrected chi connectivity index (χ2v) is 5.40. The lowest BCUT2D eigenvalue weighted by molar-refractivity contribution is -0.142. The summed E-state index contributed by atoms with van der Waals surface area (Å²) >= 11 is 0. The molecular weight excluding hydrogens is 256 g/mol. The van der Waals surface area contributed by atoms with E-state index in [1.165, 1.54) is 0 Å². The van der Waals surface area contributed by atoms with Crippen molar-refractivity contribution < 1.29 is 9.90 Å². The van der Waals surface area contributed by atoms with Gasteiger partial charge in [0.1, 0.15) is 0 Å². The maximum absolute atomic E-state index is 11.0. The van der Waals surface area contributed by atoms with Gasteiger partial charge < -0.3 is 10.4 Å². The highest BCUT2D eigenvalue weighted by Gasteiger charge is 2.26. The molecule has 6 heteroatoms. The number of hydrogen-bond donors (Lipinski definition) is 2. The first-order chi connectivity index (χ1) is 9.65. The van der Waals surface area contributed by atoms with Crippen LogP contribution in [0.4, 0.5) is 5.69 Å². The Morgan fingerprint density at radius 1 is 1.40 bits per heavy atom. The van der Waals surface area contributed by atoms with E-state index >= 15 is 0 Å². The second-order valence-electron chi connectivity index (χ2n) is 5.40. The van der Waals surface area contributed by atoms with Gasteiger partial charge >= 0.3 is 5.97 Å². The number of nitrogens with zero attached hydrogens (tertiary/aromatic N) is 3. The van der Waals surface area contributed by atoms with Crippen LogP contribution in [0.5, 0.6) is 0 Å². The molecule has 0 aliphatic heterocycles. The van der Waals surface area contributed by atoms with Gasteiger partial charge in [-0.25, -0.2) is 4.98 Å². The Morgan fingerprint density at radius 2 is 2.15 bits per heavy atom. The number of carboxylic acid groups (broad SMARTS) is 1. The predicted octanol–water partition coefficient (Wildman–Crippen LogP) is 2.02. The first kappa shape index (κ1) is 12.9. The zero-order chi connectivity index (χ0) is 14.1. The highest BCUT2D eigenvalue weighted by atomic mass is 16.4. The molecule has 106 valence electrons. The van der Waals surface area contributed by atoms with Crippen molar-refractivity contribution in [1.82, 2.24) is 14.8 Å². The molecule has 1 saturated carbocycles. The molecule has 1 aliphatic rings. The Hall–Kier alpha value is -2.11. The van der Waals surface area contributed by atoms with E-state index in [0.29, 0.717) is 6.04 Å². The second kappa shape index (κ2) is 5.11. The molecule has 0 radical (unpaired) electrons. The summed E-state index contributed by atoms with van der Waals surface area (Å²) in [5, 5.41) is 17.8. The molecule has 0 amide bonds. The molecule has 0 aromatic carbocycles. The lowest BCUT2D eigenvalue weighted by atomic mass is 9.86. The molecule has 0 bridgehead atoms. The number of aromatic nitrogens is 3. The highest BCUT2D eigenvalue weighted by Crippen LogP contribution is 2.29. The summed E-state index contributed by atoms with van der Waals surface area (Å²) in [5.41, 5.74) is 1.89. The Kier molecular flexibility index (Phi) is 3.30. The van der Waals surface area contributed by atoms with Crippen molar-refractivity contribution in [3.8, 4) is 0 Å². The summed E-state index contributed by atoms with van der Waals surface area (Å²) in [6.07, 6.45) is 6.85. The molecule has 2 aromatic heterocycles. The number of anilines is 1. The van der Waals surface area contributed by atoms with Gasteiger partial charge in [0.05, 0.1) is 17.5 Å². The number of hydrogen-bond acceptors (Lipinski definition) is 4. The Labute approximate surface area is 116 Å². The van der Waals surface area contributed by atoms with Crippen molar-refractivity contribution in [1.29, 1.82) is 0 Å². The van der Waals surface area contributed by atoms with Gasteiger partial charge in [-0.2, -0.15) is 5.10 Å². The van der Waals surface area contributed by atoms with E-state index in [9.17, 15) is 4.79 Å². The molecule has 2 aromatic rings. The van der Waals surface area contributed by atoms with E-state index in [4.69, 9.17) is 5.11 Å². The molecular formula is C14H18N4O2. The van der Waals surface area contributed by atoms with Crippen molar-refractivity contribution in [3.63, 3.8) is 0 Å². The van der Waals surface area contributed by atoms with Crippen molar-refractivity contribution in [2.45, 2.75) is 31.7 Å². The van der Waals surface area contributed by atoms with E-state index < -0.39 is 5.97 Å². The zero-order valence-electron chi connectivity index (χ0n) is 11.4. The minimum atomic E-state index is -0.665. The largest absolute Gasteiger partial charge is 0.481 e. The Bertz CT molecular complexity index is 629. The fourth-order valence-electron chi connectivity index (χ4n) is 2.88. The van der Waals surface area contributed by atoms with Crippen LogP contribution in [0, 0.1) is 5.92 Å². The van der Waals surface area contributed by atoms with Crippen LogP contribution in [0.25, 0.3) is 11.0 Å². The van der Waals surface area contributed by atoms with E-state index in [2.05, 4.69) is 15.4 Å². The minimum Gasteiger partial charge on any atom is -0.481 e. The van der Waals surface area contributed by atoms with Crippen LogP contribution >= 0.6 is 0 Å². The molecule has 2 heterocycles. The third-order valence-electron chi connectivity index (χ3n) is 4.07. The number of aryl methyl sites for hydroxylation is 1. The molecule has 2 N–H and O–H groups in total. The fourth-order valence-corrected chi connectivity index (χ4v) is 2.88. The SMILES string of the molecule is Cn1ncc2c(NC3CCC(C(=O)O)CC3)ccnc21. The average molecular weight is 274 g/mol. The Balaban J connectivity index is 1.73. The summed E-state index contributed by atoms with van der Waals surface area (Å²) in [6, 6.07) is 2.28. The third kappa shape index (κ3) is 2.33. The van der Waals surface area contributed by atoms with Gasteiger partial charge in [-0.3, -0.25) is 9.48 Å². The van der Waals surface area contributed by atoms with Gasteiger partial charge in [-0.1, -0.05) is 0 Å². The van der Waals surface area contributed by atoms with Crippen LogP contribution in [-0.2, 0) is 11.8 Å². The summed E-state index contributed by atoms with van der Waals surface area (Å²) < 4.78 is 1.75. The fraction of sp³-hybridized carbons (Fsp3) is 0.500. The first-order valence-corrected chi connectivity index (χ1v) is 6.91. The number of nitrogens with one attached hydrogen (secondary N) is 1. The Morgan fingerprint density at radius 3 is 2.85 bits per heavy atom. The normalized spacial score (nSPS) is 22.9. The number of carbonyl (C=O) groups is 1. The van der Waals surface area contributed by atoms with Crippen molar-refractivity contribution >= 4 is 22.7 Å². The maximum atomic E-state index is 11.0. The zero-order valence-corrected chi connectivity index (χ0v) is 11.4. The van der Waals surface area contributed by atoms with Gasteiger partial charge in [0.25, 0.3) is 0 Å². The number of pyridine rings is 1. The molecule has 1 fully saturated rings. The topological polar surface area (TPSA) is 80.0 Å². The van der Waals surface area contributed by atoms with Crippen LogP contribution in [0.2, 0.25) is 0 Å². The predicted molar refractivity (Wildman–Crippen MR) is 75.5 cm³/mol. The third-order valence-corrected chi connectivity index (χ3v) is 4.07. The molecule has 0 atom stereocenters. The van der Waals surface area contributed by atoms with Crippen LogP contribution < -0.4 is 5.32 Å². The van der Waals surface area contributed by atoms with Crippen molar-refractivity contribution in [3.05, 3.63) is 18.5 Å². The molecule has 1 aliphatic carbocycles. The number of rotatable bonds is 3. The molecule has 0 unspecified atom stereocenters. The summed E-state index contributed by atoms with van der Waals surface area (Å²) in [7, 11) is 1.87.